The minimum Gasteiger partial charge on any atom is -0.224 e. The van der Waals surface area contributed by atoms with Crippen LogP contribution in [-0.4, -0.2) is 14.2 Å². The van der Waals surface area contributed by atoms with Crippen LogP contribution in [0.1, 0.15) is 44.6 Å². The first kappa shape index (κ1) is 14.8. The zero-order chi connectivity index (χ0) is 13.6. The zero-order valence-electron chi connectivity index (χ0n) is 11.0. The second-order valence-corrected chi connectivity index (χ2v) is 6.65. The fourth-order valence-corrected chi connectivity index (χ4v) is 2.94. The summed E-state index contributed by atoms with van der Waals surface area (Å²) in [4.78, 5) is 0.403. The molecule has 1 rings (SSSR count). The Labute approximate surface area is 110 Å². The van der Waals surface area contributed by atoms with Gasteiger partial charge in [-0.1, -0.05) is 32.4 Å². The van der Waals surface area contributed by atoms with Crippen molar-refractivity contribution in [3.8, 4) is 12.3 Å². The highest BCUT2D eigenvalue weighted by Crippen LogP contribution is 2.26. The summed E-state index contributed by atoms with van der Waals surface area (Å²) < 4.78 is 23.7. The maximum atomic E-state index is 11.9. The Morgan fingerprint density at radius 2 is 2.06 bits per heavy atom. The number of hydrogen-bond acceptors (Lipinski definition) is 2. The van der Waals surface area contributed by atoms with E-state index in [9.17, 15) is 8.42 Å². The van der Waals surface area contributed by atoms with Crippen molar-refractivity contribution >= 4 is 9.84 Å². The summed E-state index contributed by atoms with van der Waals surface area (Å²) in [5.74, 6) is 3.06. The predicted octanol–water partition coefficient (Wildman–Crippen LogP) is 3.39. The standard InChI is InChI=1S/C15H20O2S/c1-4-8-13(9-5-2)14-10-7-11-15(12-14)18(16,17)6-3/h1,7,10-13H,5-6,8-9H2,2-3H3. The van der Waals surface area contributed by atoms with Gasteiger partial charge in [-0.15, -0.1) is 12.3 Å². The van der Waals surface area contributed by atoms with E-state index < -0.39 is 9.84 Å². The minimum atomic E-state index is -3.14. The molecule has 0 bridgehead atoms. The van der Waals surface area contributed by atoms with Crippen LogP contribution in [0.3, 0.4) is 0 Å². The molecule has 0 aliphatic rings. The van der Waals surface area contributed by atoms with Crippen molar-refractivity contribution in [3.05, 3.63) is 29.8 Å². The first-order chi connectivity index (χ1) is 8.55. The maximum Gasteiger partial charge on any atom is 0.178 e. The van der Waals surface area contributed by atoms with Crippen LogP contribution in [0.25, 0.3) is 0 Å². The summed E-state index contributed by atoms with van der Waals surface area (Å²) in [6, 6.07) is 7.20. The summed E-state index contributed by atoms with van der Waals surface area (Å²) in [5.41, 5.74) is 1.03. The van der Waals surface area contributed by atoms with Crippen LogP contribution < -0.4 is 0 Å². The first-order valence-electron chi connectivity index (χ1n) is 6.31. The summed E-state index contributed by atoms with van der Waals surface area (Å²) in [6.45, 7) is 3.77. The van der Waals surface area contributed by atoms with E-state index in [0.717, 1.165) is 18.4 Å². The summed E-state index contributed by atoms with van der Waals surface area (Å²) in [5, 5.41) is 0. The molecule has 1 atom stereocenters. The molecule has 0 spiro atoms. The van der Waals surface area contributed by atoms with Gasteiger partial charge in [0.05, 0.1) is 10.6 Å². The van der Waals surface area contributed by atoms with Gasteiger partial charge in [0.1, 0.15) is 0 Å². The van der Waals surface area contributed by atoms with Crippen molar-refractivity contribution in [2.24, 2.45) is 0 Å². The van der Waals surface area contributed by atoms with Gasteiger partial charge < -0.3 is 0 Å². The molecule has 0 N–H and O–H groups in total. The molecule has 18 heavy (non-hydrogen) atoms. The molecule has 0 radical (unpaired) electrons. The van der Waals surface area contributed by atoms with Crippen LogP contribution in [0.2, 0.25) is 0 Å². The number of benzene rings is 1. The quantitative estimate of drug-likeness (QED) is 0.738. The zero-order valence-corrected chi connectivity index (χ0v) is 11.8. The molecule has 0 saturated carbocycles. The van der Waals surface area contributed by atoms with E-state index in [4.69, 9.17) is 6.42 Å². The average molecular weight is 264 g/mol. The van der Waals surface area contributed by atoms with E-state index in [1.165, 1.54) is 0 Å². The van der Waals surface area contributed by atoms with Gasteiger partial charge in [0.25, 0.3) is 0 Å². The average Bonchev–Trinajstić information content (AvgIpc) is 2.38. The van der Waals surface area contributed by atoms with E-state index in [-0.39, 0.29) is 11.7 Å². The maximum absolute atomic E-state index is 11.9. The fourth-order valence-electron chi connectivity index (χ4n) is 2.01. The number of rotatable bonds is 6. The van der Waals surface area contributed by atoms with Gasteiger partial charge in [-0.3, -0.25) is 0 Å². The Balaban J connectivity index is 3.11. The second-order valence-electron chi connectivity index (χ2n) is 4.37. The first-order valence-corrected chi connectivity index (χ1v) is 7.96. The molecule has 98 valence electrons. The topological polar surface area (TPSA) is 34.1 Å². The van der Waals surface area contributed by atoms with Crippen LogP contribution in [0.15, 0.2) is 29.2 Å². The van der Waals surface area contributed by atoms with Gasteiger partial charge in [0, 0.05) is 6.42 Å². The summed E-state index contributed by atoms with van der Waals surface area (Å²) in [7, 11) is -3.14. The predicted molar refractivity (Wildman–Crippen MR) is 75.3 cm³/mol. The minimum absolute atomic E-state index is 0.129. The molecular formula is C15H20O2S. The van der Waals surface area contributed by atoms with Crippen molar-refractivity contribution in [3.63, 3.8) is 0 Å². The number of terminal acetylenes is 1. The van der Waals surface area contributed by atoms with Crippen molar-refractivity contribution in [1.29, 1.82) is 0 Å². The molecule has 2 nitrogen and oxygen atoms in total. The highest BCUT2D eigenvalue weighted by atomic mass is 32.2. The molecule has 0 saturated heterocycles. The molecule has 1 unspecified atom stereocenters. The lowest BCUT2D eigenvalue weighted by Crippen LogP contribution is -2.05. The monoisotopic (exact) mass is 264 g/mol. The van der Waals surface area contributed by atoms with Crippen LogP contribution in [0.4, 0.5) is 0 Å². The highest BCUT2D eigenvalue weighted by Gasteiger charge is 2.15. The van der Waals surface area contributed by atoms with Crippen molar-refractivity contribution in [1.82, 2.24) is 0 Å². The second kappa shape index (κ2) is 6.61. The SMILES string of the molecule is C#CCC(CCC)c1cccc(S(=O)(=O)CC)c1. The Hall–Kier alpha value is -1.27. The third kappa shape index (κ3) is 3.61. The molecule has 3 heteroatoms. The summed E-state index contributed by atoms with van der Waals surface area (Å²) in [6.07, 6.45) is 8.06. The van der Waals surface area contributed by atoms with Crippen LogP contribution in [0, 0.1) is 12.3 Å². The van der Waals surface area contributed by atoms with E-state index in [2.05, 4.69) is 12.8 Å². The molecular weight excluding hydrogens is 244 g/mol. The number of hydrogen-bond donors (Lipinski definition) is 0. The van der Waals surface area contributed by atoms with Gasteiger partial charge in [-0.25, -0.2) is 8.42 Å². The van der Waals surface area contributed by atoms with Gasteiger partial charge in [0.15, 0.2) is 9.84 Å². The highest BCUT2D eigenvalue weighted by molar-refractivity contribution is 7.91. The van der Waals surface area contributed by atoms with Crippen LogP contribution in [0.5, 0.6) is 0 Å². The fraction of sp³-hybridized carbons (Fsp3) is 0.467. The third-order valence-corrected chi connectivity index (χ3v) is 4.80. The van der Waals surface area contributed by atoms with Crippen molar-refractivity contribution < 1.29 is 8.42 Å². The van der Waals surface area contributed by atoms with E-state index >= 15 is 0 Å². The van der Waals surface area contributed by atoms with Gasteiger partial charge in [-0.05, 0) is 30.0 Å². The molecule has 0 fully saturated rings. The molecule has 0 heterocycles. The smallest absolute Gasteiger partial charge is 0.178 e. The third-order valence-electron chi connectivity index (χ3n) is 3.07. The lowest BCUT2D eigenvalue weighted by atomic mass is 9.92. The molecule has 0 amide bonds. The van der Waals surface area contributed by atoms with Crippen LogP contribution >= 0.6 is 0 Å². The molecule has 0 aliphatic heterocycles. The molecule has 0 aromatic heterocycles. The molecule has 1 aromatic rings. The normalized spacial score (nSPS) is 12.9. The van der Waals surface area contributed by atoms with Gasteiger partial charge in [-0.2, -0.15) is 0 Å². The summed E-state index contributed by atoms with van der Waals surface area (Å²) >= 11 is 0. The Morgan fingerprint density at radius 1 is 1.33 bits per heavy atom. The Kier molecular flexibility index (Phi) is 5.43. The van der Waals surface area contributed by atoms with Gasteiger partial charge in [0.2, 0.25) is 0 Å². The van der Waals surface area contributed by atoms with E-state index in [0.29, 0.717) is 11.3 Å². The molecule has 1 aromatic carbocycles. The lowest BCUT2D eigenvalue weighted by molar-refractivity contribution is 0.595. The largest absolute Gasteiger partial charge is 0.224 e. The lowest BCUT2D eigenvalue weighted by Gasteiger charge is -2.14. The van der Waals surface area contributed by atoms with Gasteiger partial charge >= 0.3 is 0 Å². The van der Waals surface area contributed by atoms with Crippen molar-refractivity contribution in [2.75, 3.05) is 5.75 Å². The van der Waals surface area contributed by atoms with E-state index in [1.807, 2.05) is 6.07 Å². The van der Waals surface area contributed by atoms with Crippen molar-refractivity contribution in [2.45, 2.75) is 43.9 Å². The molecule has 0 aliphatic carbocycles. The number of sulfone groups is 1. The van der Waals surface area contributed by atoms with Crippen LogP contribution in [-0.2, 0) is 9.84 Å². The Bertz CT molecular complexity index is 524. The van der Waals surface area contributed by atoms with E-state index in [1.54, 1.807) is 25.1 Å². The Morgan fingerprint density at radius 3 is 2.61 bits per heavy atom.